The first-order chi connectivity index (χ1) is 5.52. The van der Waals surface area contributed by atoms with Gasteiger partial charge in [0.25, 0.3) is 0 Å². The van der Waals surface area contributed by atoms with Crippen LogP contribution in [0.25, 0.3) is 0 Å². The Morgan fingerprint density at radius 1 is 1.17 bits per heavy atom. The van der Waals surface area contributed by atoms with Gasteiger partial charge in [0.05, 0.1) is 0 Å². The molecule has 0 saturated heterocycles. The molecule has 0 bridgehead atoms. The summed E-state index contributed by atoms with van der Waals surface area (Å²) in [4.78, 5) is 0. The van der Waals surface area contributed by atoms with Crippen LogP contribution in [0.2, 0.25) is 0 Å². The molecule has 0 radical (unpaired) electrons. The first-order valence-electron chi connectivity index (χ1n) is 3.75. The summed E-state index contributed by atoms with van der Waals surface area (Å²) in [7, 11) is -1.44. The molecule has 0 fully saturated rings. The van der Waals surface area contributed by atoms with Crippen LogP contribution < -0.4 is 11.2 Å². The maximum absolute atomic E-state index is 8.92. The van der Waals surface area contributed by atoms with Crippen molar-refractivity contribution in [1.82, 2.24) is 0 Å². The molecule has 12 heavy (non-hydrogen) atoms. The van der Waals surface area contributed by atoms with Crippen LogP contribution in [0, 0.1) is 13.8 Å². The topological polar surface area (TPSA) is 66.5 Å². The molecule has 0 aliphatic rings. The molecule has 0 amide bonds. The number of aryl methyl sites for hydroxylation is 2. The molecule has 0 heterocycles. The van der Waals surface area contributed by atoms with Crippen LogP contribution in [0.1, 0.15) is 11.1 Å². The van der Waals surface area contributed by atoms with E-state index in [2.05, 4.69) is 0 Å². The maximum Gasteiger partial charge on any atom is 0.488 e. The number of rotatable bonds is 1. The summed E-state index contributed by atoms with van der Waals surface area (Å²) in [6.45, 7) is 3.71. The van der Waals surface area contributed by atoms with Crippen molar-refractivity contribution in [2.24, 2.45) is 0 Å². The highest BCUT2D eigenvalue weighted by atomic mass is 16.4. The molecule has 1 aromatic carbocycles. The van der Waals surface area contributed by atoms with Gasteiger partial charge in [-0.3, -0.25) is 0 Å². The number of anilines is 1. The number of hydrogen-bond donors (Lipinski definition) is 3. The summed E-state index contributed by atoms with van der Waals surface area (Å²) in [5.41, 5.74) is 8.46. The highest BCUT2D eigenvalue weighted by molar-refractivity contribution is 6.59. The molecular formula is C8H12BNO2. The Bertz CT molecular complexity index is 299. The third kappa shape index (κ3) is 1.60. The van der Waals surface area contributed by atoms with Crippen LogP contribution in [0.15, 0.2) is 12.1 Å². The van der Waals surface area contributed by atoms with Crippen molar-refractivity contribution in [1.29, 1.82) is 0 Å². The first kappa shape index (κ1) is 9.10. The standard InChI is InChI=1S/C8H12BNO2/c1-5-3-6(2)8(10)4-7(5)9(11)12/h3-4,11-12H,10H2,1-2H3. The largest absolute Gasteiger partial charge is 0.488 e. The average Bonchev–Trinajstić information content (AvgIpc) is 1.96. The molecule has 0 atom stereocenters. The number of nitrogen functional groups attached to an aromatic ring is 1. The predicted octanol–water partition coefficient (Wildman–Crippen LogP) is -0.435. The van der Waals surface area contributed by atoms with Crippen molar-refractivity contribution in [2.45, 2.75) is 13.8 Å². The predicted molar refractivity (Wildman–Crippen MR) is 50.2 cm³/mol. The van der Waals surface area contributed by atoms with E-state index in [1.54, 1.807) is 6.07 Å². The van der Waals surface area contributed by atoms with Gasteiger partial charge in [-0.1, -0.05) is 11.6 Å². The van der Waals surface area contributed by atoms with Gasteiger partial charge in [-0.2, -0.15) is 0 Å². The molecule has 1 rings (SSSR count). The van der Waals surface area contributed by atoms with Crippen molar-refractivity contribution in [3.05, 3.63) is 23.3 Å². The van der Waals surface area contributed by atoms with Gasteiger partial charge in [0.1, 0.15) is 0 Å². The van der Waals surface area contributed by atoms with Crippen molar-refractivity contribution < 1.29 is 10.0 Å². The maximum atomic E-state index is 8.92. The van der Waals surface area contributed by atoms with E-state index < -0.39 is 7.12 Å². The van der Waals surface area contributed by atoms with E-state index in [1.807, 2.05) is 19.9 Å². The minimum absolute atomic E-state index is 0.470. The fourth-order valence-corrected chi connectivity index (χ4v) is 1.16. The Morgan fingerprint density at radius 2 is 1.75 bits per heavy atom. The lowest BCUT2D eigenvalue weighted by Crippen LogP contribution is -2.32. The minimum Gasteiger partial charge on any atom is -0.423 e. The van der Waals surface area contributed by atoms with Gasteiger partial charge in [-0.15, -0.1) is 0 Å². The van der Waals surface area contributed by atoms with Gasteiger partial charge in [-0.05, 0) is 30.9 Å². The normalized spacial score (nSPS) is 10.0. The van der Waals surface area contributed by atoms with E-state index in [0.29, 0.717) is 11.2 Å². The Hall–Kier alpha value is -0.995. The molecule has 0 aliphatic heterocycles. The smallest absolute Gasteiger partial charge is 0.423 e. The van der Waals surface area contributed by atoms with E-state index in [1.165, 1.54) is 0 Å². The van der Waals surface area contributed by atoms with Crippen LogP contribution >= 0.6 is 0 Å². The highest BCUT2D eigenvalue weighted by Crippen LogP contribution is 2.10. The molecule has 0 aliphatic carbocycles. The second kappa shape index (κ2) is 3.17. The van der Waals surface area contributed by atoms with Gasteiger partial charge < -0.3 is 15.8 Å². The van der Waals surface area contributed by atoms with Crippen LogP contribution in [0.5, 0.6) is 0 Å². The van der Waals surface area contributed by atoms with Crippen LogP contribution in [-0.4, -0.2) is 17.2 Å². The zero-order valence-electron chi connectivity index (χ0n) is 7.20. The Balaban J connectivity index is 3.23. The highest BCUT2D eigenvalue weighted by Gasteiger charge is 2.14. The number of benzene rings is 1. The zero-order valence-corrected chi connectivity index (χ0v) is 7.20. The van der Waals surface area contributed by atoms with Crippen molar-refractivity contribution in [2.75, 3.05) is 5.73 Å². The molecule has 0 spiro atoms. The molecule has 4 N–H and O–H groups in total. The molecule has 0 unspecified atom stereocenters. The molecule has 1 aromatic rings. The summed E-state index contributed by atoms with van der Waals surface area (Å²) in [5.74, 6) is 0. The SMILES string of the molecule is Cc1cc(C)c(B(O)O)cc1N. The van der Waals surface area contributed by atoms with Crippen LogP contribution in [0.4, 0.5) is 5.69 Å². The van der Waals surface area contributed by atoms with Gasteiger partial charge >= 0.3 is 7.12 Å². The van der Waals surface area contributed by atoms with E-state index in [-0.39, 0.29) is 0 Å². The number of nitrogens with two attached hydrogens (primary N) is 1. The molecule has 0 aromatic heterocycles. The van der Waals surface area contributed by atoms with E-state index >= 15 is 0 Å². The molecular weight excluding hydrogens is 153 g/mol. The third-order valence-corrected chi connectivity index (χ3v) is 1.93. The summed E-state index contributed by atoms with van der Waals surface area (Å²) in [5, 5.41) is 17.8. The van der Waals surface area contributed by atoms with Crippen LogP contribution in [-0.2, 0) is 0 Å². The second-order valence-corrected chi connectivity index (χ2v) is 2.94. The lowest BCUT2D eigenvalue weighted by Gasteiger charge is -2.07. The Kier molecular flexibility index (Phi) is 2.40. The van der Waals surface area contributed by atoms with Gasteiger partial charge in [0.2, 0.25) is 0 Å². The summed E-state index contributed by atoms with van der Waals surface area (Å²) in [6.07, 6.45) is 0. The lowest BCUT2D eigenvalue weighted by molar-refractivity contribution is 0.425. The van der Waals surface area contributed by atoms with Crippen molar-refractivity contribution >= 4 is 18.3 Å². The van der Waals surface area contributed by atoms with Gasteiger partial charge in [-0.25, -0.2) is 0 Å². The monoisotopic (exact) mass is 165 g/mol. The fourth-order valence-electron chi connectivity index (χ4n) is 1.16. The molecule has 0 saturated carbocycles. The zero-order chi connectivity index (χ0) is 9.30. The quantitative estimate of drug-likeness (QED) is 0.390. The average molecular weight is 165 g/mol. The lowest BCUT2D eigenvalue weighted by atomic mass is 9.76. The summed E-state index contributed by atoms with van der Waals surface area (Å²) in [6, 6.07) is 3.43. The van der Waals surface area contributed by atoms with E-state index in [0.717, 1.165) is 11.1 Å². The first-order valence-corrected chi connectivity index (χ1v) is 3.75. The van der Waals surface area contributed by atoms with Crippen LogP contribution in [0.3, 0.4) is 0 Å². The summed E-state index contributed by atoms with van der Waals surface area (Å²) >= 11 is 0. The van der Waals surface area contributed by atoms with Crippen molar-refractivity contribution in [3.8, 4) is 0 Å². The molecule has 4 heteroatoms. The number of hydrogen-bond acceptors (Lipinski definition) is 3. The molecule has 64 valence electrons. The van der Waals surface area contributed by atoms with Crippen molar-refractivity contribution in [3.63, 3.8) is 0 Å². The Labute approximate surface area is 72.0 Å². The van der Waals surface area contributed by atoms with E-state index in [9.17, 15) is 0 Å². The fraction of sp³-hybridized carbons (Fsp3) is 0.250. The Morgan fingerprint density at radius 3 is 2.25 bits per heavy atom. The summed E-state index contributed by atoms with van der Waals surface area (Å²) < 4.78 is 0. The van der Waals surface area contributed by atoms with Gasteiger partial charge in [0, 0.05) is 5.69 Å². The minimum atomic E-state index is -1.44. The second-order valence-electron chi connectivity index (χ2n) is 2.94. The van der Waals surface area contributed by atoms with E-state index in [4.69, 9.17) is 15.8 Å². The van der Waals surface area contributed by atoms with Gasteiger partial charge in [0.15, 0.2) is 0 Å². The molecule has 3 nitrogen and oxygen atoms in total. The third-order valence-electron chi connectivity index (χ3n) is 1.93.